The van der Waals surface area contributed by atoms with Crippen molar-refractivity contribution in [3.8, 4) is 22.8 Å². The van der Waals surface area contributed by atoms with Gasteiger partial charge in [-0.3, -0.25) is 9.69 Å². The third-order valence-corrected chi connectivity index (χ3v) is 6.96. The zero-order chi connectivity index (χ0) is 30.0. The standard InChI is InChI=1S/C28H22F4N6O3S/c1-16(2)22-13-18(29)5-12-23(22)38-24(39)14-42-27(38)35-26(40)34-19-6-3-17(4-7-19)25-33-15-37(36-25)20-8-10-21(11-9-20)41-28(30,31)32/h3-13,15-16H,14H2,1-2H3,(H,34,40)/b35-27-. The summed E-state index contributed by atoms with van der Waals surface area (Å²) >= 11 is 1.12. The summed E-state index contributed by atoms with van der Waals surface area (Å²) in [6.07, 6.45) is -3.37. The third-order valence-electron chi connectivity index (χ3n) is 6.04. The molecule has 0 atom stereocenters. The summed E-state index contributed by atoms with van der Waals surface area (Å²) in [5.74, 6) is -0.654. The number of urea groups is 1. The van der Waals surface area contributed by atoms with E-state index in [1.165, 1.54) is 58.4 Å². The van der Waals surface area contributed by atoms with Crippen LogP contribution in [0.3, 0.4) is 0 Å². The van der Waals surface area contributed by atoms with Crippen molar-refractivity contribution in [2.75, 3.05) is 16.0 Å². The lowest BCUT2D eigenvalue weighted by Gasteiger charge is -2.21. The molecule has 5 rings (SSSR count). The first-order chi connectivity index (χ1) is 20.0. The molecule has 216 valence electrons. The van der Waals surface area contributed by atoms with Crippen LogP contribution in [0.5, 0.6) is 5.75 Å². The first-order valence-electron chi connectivity index (χ1n) is 12.5. The number of nitrogens with one attached hydrogen (secondary N) is 1. The molecule has 1 saturated heterocycles. The van der Waals surface area contributed by atoms with Crippen LogP contribution in [-0.2, 0) is 4.79 Å². The van der Waals surface area contributed by atoms with Crippen LogP contribution in [0.15, 0.2) is 78.0 Å². The Morgan fingerprint density at radius 3 is 2.45 bits per heavy atom. The van der Waals surface area contributed by atoms with Gasteiger partial charge in [-0.15, -0.1) is 18.3 Å². The Hall–Kier alpha value is -4.72. The SMILES string of the molecule is CC(C)c1cc(F)ccc1N1C(=O)CS/C1=N\C(=O)Nc1ccc(-c2ncn(-c3ccc(OC(F)(F)F)cc3)n2)cc1. The molecule has 0 spiro atoms. The van der Waals surface area contributed by atoms with Gasteiger partial charge in [-0.1, -0.05) is 25.6 Å². The van der Waals surface area contributed by atoms with Crippen molar-refractivity contribution in [1.82, 2.24) is 14.8 Å². The zero-order valence-electron chi connectivity index (χ0n) is 22.1. The van der Waals surface area contributed by atoms with E-state index in [1.807, 2.05) is 13.8 Å². The molecule has 3 amide bonds. The molecule has 9 nitrogen and oxygen atoms in total. The van der Waals surface area contributed by atoms with Gasteiger partial charge in [-0.05, 0) is 78.2 Å². The number of alkyl halides is 3. The number of aliphatic imine (C=N–C) groups is 1. The van der Waals surface area contributed by atoms with Gasteiger partial charge in [0, 0.05) is 11.3 Å². The second-order valence-corrected chi connectivity index (χ2v) is 10.3. The average molecular weight is 599 g/mol. The minimum atomic E-state index is -4.78. The van der Waals surface area contributed by atoms with Gasteiger partial charge in [-0.2, -0.15) is 4.99 Å². The van der Waals surface area contributed by atoms with Gasteiger partial charge in [0.1, 0.15) is 17.9 Å². The zero-order valence-corrected chi connectivity index (χ0v) is 22.9. The molecule has 3 aromatic carbocycles. The van der Waals surface area contributed by atoms with Crippen LogP contribution < -0.4 is 15.0 Å². The van der Waals surface area contributed by atoms with E-state index in [0.29, 0.717) is 34.0 Å². The summed E-state index contributed by atoms with van der Waals surface area (Å²) in [4.78, 5) is 35.0. The number of rotatable bonds is 6. The quantitative estimate of drug-likeness (QED) is 0.246. The average Bonchev–Trinajstić information content (AvgIpc) is 3.56. The lowest BCUT2D eigenvalue weighted by molar-refractivity contribution is -0.274. The fourth-order valence-corrected chi connectivity index (χ4v) is 4.99. The Morgan fingerprint density at radius 1 is 1.07 bits per heavy atom. The van der Waals surface area contributed by atoms with Gasteiger partial charge < -0.3 is 10.1 Å². The maximum atomic E-state index is 13.9. The minimum absolute atomic E-state index is 0.0676. The number of anilines is 2. The molecule has 4 aromatic rings. The number of benzene rings is 3. The largest absolute Gasteiger partial charge is 0.573 e. The number of thioether (sulfide) groups is 1. The number of hydrogen-bond acceptors (Lipinski definition) is 6. The van der Waals surface area contributed by atoms with Crippen molar-refractivity contribution in [3.63, 3.8) is 0 Å². The number of halogens is 4. The fraction of sp³-hybridized carbons (Fsp3) is 0.179. The second-order valence-electron chi connectivity index (χ2n) is 9.33. The van der Waals surface area contributed by atoms with Crippen LogP contribution in [0.2, 0.25) is 0 Å². The molecular formula is C28H22F4N6O3S. The van der Waals surface area contributed by atoms with Crippen LogP contribution in [0.4, 0.5) is 33.7 Å². The van der Waals surface area contributed by atoms with Gasteiger partial charge in [0.05, 0.1) is 17.1 Å². The highest BCUT2D eigenvalue weighted by Gasteiger charge is 2.33. The van der Waals surface area contributed by atoms with E-state index in [9.17, 15) is 27.2 Å². The number of carbonyl (C=O) groups excluding carboxylic acids is 2. The van der Waals surface area contributed by atoms with E-state index in [1.54, 1.807) is 24.3 Å². The molecule has 1 N–H and O–H groups in total. The van der Waals surface area contributed by atoms with Crippen LogP contribution in [0.1, 0.15) is 25.3 Å². The van der Waals surface area contributed by atoms with Crippen molar-refractivity contribution in [1.29, 1.82) is 0 Å². The number of ether oxygens (including phenoxy) is 1. The molecule has 0 bridgehead atoms. The predicted octanol–water partition coefficient (Wildman–Crippen LogP) is 6.76. The monoisotopic (exact) mass is 598 g/mol. The minimum Gasteiger partial charge on any atom is -0.406 e. The highest BCUT2D eigenvalue weighted by Crippen LogP contribution is 2.34. The van der Waals surface area contributed by atoms with Gasteiger partial charge in [0.25, 0.3) is 0 Å². The number of carbonyl (C=O) groups is 2. The highest BCUT2D eigenvalue weighted by molar-refractivity contribution is 8.15. The summed E-state index contributed by atoms with van der Waals surface area (Å²) in [6, 6.07) is 15.2. The number of nitrogens with zero attached hydrogens (tertiary/aromatic N) is 5. The van der Waals surface area contributed by atoms with E-state index < -0.39 is 18.2 Å². The van der Waals surface area contributed by atoms with Gasteiger partial charge >= 0.3 is 12.4 Å². The molecular weight excluding hydrogens is 576 g/mol. The van der Waals surface area contributed by atoms with Crippen LogP contribution >= 0.6 is 11.8 Å². The third kappa shape index (κ3) is 6.60. The summed E-state index contributed by atoms with van der Waals surface area (Å²) < 4.78 is 56.3. The van der Waals surface area contributed by atoms with E-state index >= 15 is 0 Å². The smallest absolute Gasteiger partial charge is 0.406 e. The number of amides is 3. The van der Waals surface area contributed by atoms with Crippen molar-refractivity contribution in [2.24, 2.45) is 4.99 Å². The Kier molecular flexibility index (Phi) is 7.98. The van der Waals surface area contributed by atoms with E-state index in [-0.39, 0.29) is 28.5 Å². The number of aromatic nitrogens is 3. The molecule has 0 saturated carbocycles. The summed E-state index contributed by atoms with van der Waals surface area (Å²) in [7, 11) is 0. The van der Waals surface area contributed by atoms with Gasteiger partial charge in [-0.25, -0.2) is 18.9 Å². The molecule has 1 aromatic heterocycles. The van der Waals surface area contributed by atoms with Gasteiger partial charge in [0.15, 0.2) is 11.0 Å². The Bertz CT molecular complexity index is 1650. The predicted molar refractivity (Wildman–Crippen MR) is 150 cm³/mol. The Labute approximate surface area is 241 Å². The lowest BCUT2D eigenvalue weighted by Crippen LogP contribution is -2.31. The normalized spacial score (nSPS) is 14.6. The molecule has 1 aliphatic rings. The van der Waals surface area contributed by atoms with Gasteiger partial charge in [0.2, 0.25) is 5.91 Å². The Balaban J connectivity index is 1.27. The molecule has 0 aliphatic carbocycles. The van der Waals surface area contributed by atoms with E-state index in [2.05, 4.69) is 25.1 Å². The van der Waals surface area contributed by atoms with Crippen LogP contribution in [0, 0.1) is 5.82 Å². The summed E-state index contributed by atoms with van der Waals surface area (Å²) in [6.45, 7) is 3.76. The maximum absolute atomic E-state index is 13.9. The van der Waals surface area contributed by atoms with Crippen molar-refractivity contribution in [3.05, 3.63) is 84.4 Å². The molecule has 0 unspecified atom stereocenters. The second kappa shape index (κ2) is 11.6. The first kappa shape index (κ1) is 28.8. The van der Waals surface area contributed by atoms with Crippen molar-refractivity contribution in [2.45, 2.75) is 26.1 Å². The molecule has 1 fully saturated rings. The fourth-order valence-electron chi connectivity index (χ4n) is 4.13. The summed E-state index contributed by atoms with van der Waals surface area (Å²) in [5, 5.41) is 7.20. The molecule has 42 heavy (non-hydrogen) atoms. The van der Waals surface area contributed by atoms with Crippen LogP contribution in [-0.4, -0.2) is 44.0 Å². The highest BCUT2D eigenvalue weighted by atomic mass is 32.2. The number of amidine groups is 1. The summed E-state index contributed by atoms with van der Waals surface area (Å²) in [5.41, 5.74) is 2.63. The molecule has 0 radical (unpaired) electrons. The van der Waals surface area contributed by atoms with E-state index in [0.717, 1.165) is 11.8 Å². The first-order valence-corrected chi connectivity index (χ1v) is 13.5. The van der Waals surface area contributed by atoms with E-state index in [4.69, 9.17) is 0 Å². The Morgan fingerprint density at radius 2 is 1.79 bits per heavy atom. The van der Waals surface area contributed by atoms with Crippen molar-refractivity contribution < 1.29 is 31.9 Å². The number of hydrogen-bond donors (Lipinski definition) is 1. The molecule has 14 heteroatoms. The van der Waals surface area contributed by atoms with Crippen molar-refractivity contribution >= 4 is 40.2 Å². The molecule has 2 heterocycles. The lowest BCUT2D eigenvalue weighted by atomic mass is 10.0. The molecule has 1 aliphatic heterocycles. The topological polar surface area (TPSA) is 102 Å². The maximum Gasteiger partial charge on any atom is 0.573 e. The van der Waals surface area contributed by atoms with Crippen LogP contribution in [0.25, 0.3) is 17.1 Å².